The monoisotopic (exact) mass is 536 g/mol. The molecule has 2 aliphatic rings. The summed E-state index contributed by atoms with van der Waals surface area (Å²) < 4.78 is 30.7. The number of nitrogens with zero attached hydrogens (tertiary/aromatic N) is 1. The van der Waals surface area contributed by atoms with Gasteiger partial charge in [-0.25, -0.2) is 14.0 Å². The van der Waals surface area contributed by atoms with E-state index in [0.29, 0.717) is 25.6 Å². The molecule has 2 saturated heterocycles. The maximum Gasteiger partial charge on any atom is 0.406 e. The summed E-state index contributed by atoms with van der Waals surface area (Å²) in [6.07, 6.45) is 4.14. The summed E-state index contributed by atoms with van der Waals surface area (Å²) in [4.78, 5) is 26.6. The first kappa shape index (κ1) is 30.1. The number of likely N-dealkylation sites (tertiary alicyclic amines) is 1. The average Bonchev–Trinajstić information content (AvgIpc) is 2.88. The van der Waals surface area contributed by atoms with E-state index in [-0.39, 0.29) is 49.2 Å². The van der Waals surface area contributed by atoms with E-state index in [0.717, 1.165) is 37.7 Å². The number of benzene rings is 1. The van der Waals surface area contributed by atoms with Crippen LogP contribution in [0.25, 0.3) is 0 Å². The summed E-state index contributed by atoms with van der Waals surface area (Å²) in [6, 6.07) is 6.35. The zero-order valence-electron chi connectivity index (χ0n) is 23.2. The Morgan fingerprint density at radius 3 is 2.68 bits per heavy atom. The lowest BCUT2D eigenvalue weighted by Crippen LogP contribution is -2.52. The third-order valence-corrected chi connectivity index (χ3v) is 7.40. The van der Waals surface area contributed by atoms with Crippen LogP contribution in [0.5, 0.6) is 0 Å². The van der Waals surface area contributed by atoms with Crippen molar-refractivity contribution in [3.63, 3.8) is 0 Å². The number of urea groups is 1. The van der Waals surface area contributed by atoms with Gasteiger partial charge in [0.2, 0.25) is 0 Å². The highest BCUT2D eigenvalue weighted by Crippen LogP contribution is 2.33. The maximum absolute atomic E-state index is 14.1. The maximum atomic E-state index is 14.1. The molecule has 2 aliphatic heterocycles. The second kappa shape index (κ2) is 15.2. The molecule has 2 fully saturated rings. The van der Waals surface area contributed by atoms with Crippen LogP contribution in [0.3, 0.4) is 0 Å². The van der Waals surface area contributed by atoms with Crippen molar-refractivity contribution in [3.05, 3.63) is 35.6 Å². The first-order valence-corrected chi connectivity index (χ1v) is 13.8. The Hall–Kier alpha value is -2.43. The highest BCUT2D eigenvalue weighted by molar-refractivity contribution is 5.74. The number of hydrogen-bond donors (Lipinski definition) is 3. The molecule has 38 heavy (non-hydrogen) atoms. The van der Waals surface area contributed by atoms with E-state index in [4.69, 9.17) is 9.47 Å². The highest BCUT2D eigenvalue weighted by Gasteiger charge is 2.33. The molecule has 3 N–H and O–H groups in total. The third kappa shape index (κ3) is 9.39. The Morgan fingerprint density at radius 1 is 1.24 bits per heavy atom. The summed E-state index contributed by atoms with van der Waals surface area (Å²) in [5, 5.41) is 9.09. The Balaban J connectivity index is 1.63. The molecule has 10 heteroatoms. The van der Waals surface area contributed by atoms with Gasteiger partial charge in [-0.15, -0.1) is 0 Å². The number of carbonyl (C=O) groups excluding carboxylic acids is 2. The topological polar surface area (TPSA) is 101 Å². The normalized spacial score (nSPS) is 25.3. The van der Waals surface area contributed by atoms with Gasteiger partial charge in [0.05, 0.1) is 32.0 Å². The zero-order valence-corrected chi connectivity index (χ0v) is 23.2. The number of alkyl carbamates (subject to hydrolysis) is 1. The third-order valence-electron chi connectivity index (χ3n) is 7.40. The van der Waals surface area contributed by atoms with Crippen LogP contribution in [0.15, 0.2) is 24.3 Å². The van der Waals surface area contributed by atoms with Crippen LogP contribution in [0, 0.1) is 17.7 Å². The van der Waals surface area contributed by atoms with Gasteiger partial charge in [-0.3, -0.25) is 0 Å². The van der Waals surface area contributed by atoms with Gasteiger partial charge in [0.15, 0.2) is 0 Å². The van der Waals surface area contributed by atoms with Crippen LogP contribution in [-0.2, 0) is 14.2 Å². The minimum atomic E-state index is -0.530. The minimum Gasteiger partial charge on any atom is -0.453 e. The van der Waals surface area contributed by atoms with Crippen molar-refractivity contribution in [3.8, 4) is 0 Å². The van der Waals surface area contributed by atoms with Gasteiger partial charge < -0.3 is 35.1 Å². The van der Waals surface area contributed by atoms with Gasteiger partial charge in [-0.1, -0.05) is 12.1 Å². The molecule has 3 amide bonds. The number of piperidine rings is 1. The lowest BCUT2D eigenvalue weighted by atomic mass is 9.87. The molecule has 6 atom stereocenters. The summed E-state index contributed by atoms with van der Waals surface area (Å²) >= 11 is 0. The van der Waals surface area contributed by atoms with Gasteiger partial charge in [0, 0.05) is 38.1 Å². The molecule has 0 aromatic heterocycles. The van der Waals surface area contributed by atoms with E-state index in [2.05, 4.69) is 34.5 Å². The molecule has 0 aliphatic carbocycles. The zero-order chi connectivity index (χ0) is 27.5. The molecule has 2 heterocycles. The summed E-state index contributed by atoms with van der Waals surface area (Å²) in [5.41, 5.74) is 0.728. The predicted octanol–water partition coefficient (Wildman–Crippen LogP) is 3.84. The Bertz CT molecular complexity index is 881. The second-order valence-corrected chi connectivity index (χ2v) is 10.6. The van der Waals surface area contributed by atoms with Crippen molar-refractivity contribution in [1.82, 2.24) is 20.9 Å². The van der Waals surface area contributed by atoms with Crippen molar-refractivity contribution >= 4 is 12.1 Å². The van der Waals surface area contributed by atoms with E-state index in [1.807, 2.05) is 18.0 Å². The first-order chi connectivity index (χ1) is 18.3. The molecule has 0 unspecified atom stereocenters. The van der Waals surface area contributed by atoms with Gasteiger partial charge in [-0.2, -0.15) is 0 Å². The number of halogens is 1. The molecule has 0 radical (unpaired) electrons. The van der Waals surface area contributed by atoms with Crippen LogP contribution in [-0.4, -0.2) is 82.2 Å². The largest absolute Gasteiger partial charge is 0.453 e. The van der Waals surface area contributed by atoms with Crippen LogP contribution >= 0.6 is 0 Å². The van der Waals surface area contributed by atoms with Crippen LogP contribution in [0.1, 0.15) is 57.6 Å². The van der Waals surface area contributed by atoms with Gasteiger partial charge in [0.1, 0.15) is 5.82 Å². The molecular weight excluding hydrogens is 491 g/mol. The molecule has 1 aromatic carbocycles. The molecule has 9 nitrogen and oxygen atoms in total. The highest BCUT2D eigenvalue weighted by atomic mass is 19.1. The van der Waals surface area contributed by atoms with Gasteiger partial charge in [-0.05, 0) is 76.6 Å². The van der Waals surface area contributed by atoms with E-state index in [1.165, 1.54) is 19.2 Å². The van der Waals surface area contributed by atoms with E-state index < -0.39 is 12.2 Å². The van der Waals surface area contributed by atoms with Gasteiger partial charge >= 0.3 is 12.1 Å². The fourth-order valence-electron chi connectivity index (χ4n) is 5.88. The minimum absolute atomic E-state index is 0.00521. The predicted molar refractivity (Wildman–Crippen MR) is 143 cm³/mol. The Kier molecular flexibility index (Phi) is 12.1. The number of methoxy groups -OCH3 is 1. The van der Waals surface area contributed by atoms with E-state index in [9.17, 15) is 14.0 Å². The number of carbonyl (C=O) groups is 2. The quantitative estimate of drug-likeness (QED) is 0.372. The Labute approximate surface area is 226 Å². The number of nitrogens with one attached hydrogen (secondary N) is 3. The standard InChI is InChI=1S/C28H45FN4O5/c1-19-13-21(14-20(2)38-19)15-25(17-30-3)32-27(34)33-11-6-8-23(18-33)26(22-7-5-9-24(29)16-22)37-12-10-31-28(35)36-4/h5,7,9,16,19-21,23,25-26,30H,6,8,10-15,17-18H2,1-4H3,(H,31,35)(H,32,34)/t19-,20+,21+,23-,25+,26+/m1/s1. The summed E-state index contributed by atoms with van der Waals surface area (Å²) in [6.45, 7) is 6.62. The second-order valence-electron chi connectivity index (χ2n) is 10.6. The van der Waals surface area contributed by atoms with Crippen molar-refractivity contribution in [2.24, 2.45) is 11.8 Å². The number of likely N-dealkylation sites (N-methyl/N-ethyl adjacent to an activating group) is 1. The lowest BCUT2D eigenvalue weighted by Gasteiger charge is -2.38. The number of rotatable bonds is 11. The molecule has 1 aromatic rings. The smallest absolute Gasteiger partial charge is 0.406 e. The van der Waals surface area contributed by atoms with Crippen molar-refractivity contribution in [2.75, 3.05) is 46.9 Å². The van der Waals surface area contributed by atoms with Crippen molar-refractivity contribution < 1.29 is 28.2 Å². The first-order valence-electron chi connectivity index (χ1n) is 13.8. The van der Waals surface area contributed by atoms with Crippen LogP contribution in [0.2, 0.25) is 0 Å². The van der Waals surface area contributed by atoms with Crippen molar-refractivity contribution in [2.45, 2.75) is 70.3 Å². The summed E-state index contributed by atoms with van der Waals surface area (Å²) in [7, 11) is 3.21. The SMILES string of the molecule is CNC[C@H](C[C@H]1C[C@@H](C)O[C@@H](C)C1)NC(=O)N1CCC[C@@H]([C@@H](OCCNC(=O)OC)c2cccc(F)c2)C1. The Morgan fingerprint density at radius 2 is 2.00 bits per heavy atom. The molecule has 0 saturated carbocycles. The van der Waals surface area contributed by atoms with E-state index >= 15 is 0 Å². The van der Waals surface area contributed by atoms with Gasteiger partial charge in [0.25, 0.3) is 0 Å². The number of amides is 3. The fraction of sp³-hybridized carbons (Fsp3) is 0.714. The fourth-order valence-corrected chi connectivity index (χ4v) is 5.88. The molecule has 0 spiro atoms. The summed E-state index contributed by atoms with van der Waals surface area (Å²) in [5.74, 6) is 0.168. The molecule has 214 valence electrons. The van der Waals surface area contributed by atoms with Crippen molar-refractivity contribution in [1.29, 1.82) is 0 Å². The van der Waals surface area contributed by atoms with Crippen LogP contribution < -0.4 is 16.0 Å². The van der Waals surface area contributed by atoms with E-state index in [1.54, 1.807) is 6.07 Å². The lowest BCUT2D eigenvalue weighted by molar-refractivity contribution is -0.0547. The average molecular weight is 537 g/mol. The molecule has 0 bridgehead atoms. The van der Waals surface area contributed by atoms with Crippen LogP contribution in [0.4, 0.5) is 14.0 Å². The number of ether oxygens (including phenoxy) is 3. The molecular formula is C28H45FN4O5. The number of hydrogen-bond acceptors (Lipinski definition) is 6. The molecule has 3 rings (SSSR count).